The Hall–Kier alpha value is -8.18. The number of nitrogens with zero attached hydrogens (tertiary/aromatic N) is 3. The monoisotopic (exact) mass is 1090 g/mol. The molecule has 2 aromatic heterocycles. The number of carbonyl (C=O) groups is 9. The molecule has 0 radical (unpaired) electrons. The highest BCUT2D eigenvalue weighted by Crippen LogP contribution is 2.46. The number of ether oxygens (including phenoxy) is 2. The summed E-state index contributed by atoms with van der Waals surface area (Å²) in [5.41, 5.74) is 2.11. The van der Waals surface area contributed by atoms with E-state index in [0.29, 0.717) is 89.5 Å². The molecule has 4 aromatic rings. The lowest BCUT2D eigenvalue weighted by atomic mass is 9.81. The molecular formula is C56H64FN9O13. The summed E-state index contributed by atoms with van der Waals surface area (Å²) in [7, 11) is 0. The molecule has 0 saturated heterocycles. The number of aryl methyl sites for hydroxylation is 1. The maximum Gasteiger partial charge on any atom is 0.343 e. The fraction of sp³-hybridized carbons (Fsp3) is 0.446. The minimum absolute atomic E-state index is 0.0421. The molecule has 79 heavy (non-hydrogen) atoms. The molecule has 8 amide bonds. The molecule has 7 N–H and O–H groups in total. The molecule has 1 aliphatic carbocycles. The summed E-state index contributed by atoms with van der Waals surface area (Å²) in [6.07, 6.45) is 5.27. The number of imide groups is 1. The zero-order chi connectivity index (χ0) is 56.5. The van der Waals surface area contributed by atoms with Crippen LogP contribution in [0.3, 0.4) is 0 Å². The van der Waals surface area contributed by atoms with Crippen LogP contribution in [0.4, 0.5) is 4.39 Å². The van der Waals surface area contributed by atoms with E-state index in [1.165, 1.54) is 22.8 Å². The summed E-state index contributed by atoms with van der Waals surface area (Å²) in [5, 5.41) is 27.9. The van der Waals surface area contributed by atoms with E-state index >= 15 is 4.39 Å². The van der Waals surface area contributed by atoms with Gasteiger partial charge >= 0.3 is 5.97 Å². The molecule has 1 unspecified atom stereocenters. The molecule has 22 nitrogen and oxygen atoms in total. The number of rotatable bonds is 25. The topological polar surface area (TPSA) is 303 Å². The molecule has 0 saturated carbocycles. The van der Waals surface area contributed by atoms with E-state index in [1.807, 2.05) is 6.92 Å². The van der Waals surface area contributed by atoms with E-state index in [1.54, 1.807) is 50.2 Å². The van der Waals surface area contributed by atoms with Gasteiger partial charge in [-0.3, -0.25) is 48.1 Å². The number of unbranched alkanes of at least 4 members (excludes halogenated alkanes) is 2. The predicted molar refractivity (Wildman–Crippen MR) is 281 cm³/mol. The Bertz CT molecular complexity index is 3180. The number of halogens is 1. The van der Waals surface area contributed by atoms with Gasteiger partial charge in [0.15, 0.2) is 5.60 Å². The minimum Gasteiger partial charge on any atom is -0.458 e. The van der Waals surface area contributed by atoms with Gasteiger partial charge in [0.25, 0.3) is 17.4 Å². The third-order valence-corrected chi connectivity index (χ3v) is 14.8. The largest absolute Gasteiger partial charge is 0.458 e. The number of aliphatic hydroxyl groups is 1. The van der Waals surface area contributed by atoms with Crippen LogP contribution in [-0.2, 0) is 84.2 Å². The number of amides is 8. The van der Waals surface area contributed by atoms with Gasteiger partial charge in [-0.15, -0.1) is 0 Å². The number of hydrogen-bond acceptors (Lipinski definition) is 14. The average molecular weight is 1090 g/mol. The van der Waals surface area contributed by atoms with Crippen molar-refractivity contribution in [3.63, 3.8) is 0 Å². The molecule has 418 valence electrons. The van der Waals surface area contributed by atoms with Gasteiger partial charge in [-0.25, -0.2) is 14.2 Å². The minimum atomic E-state index is -2.05. The molecule has 4 aliphatic rings. The molecule has 5 heterocycles. The lowest BCUT2D eigenvalue weighted by Crippen LogP contribution is -2.52. The van der Waals surface area contributed by atoms with Crippen LogP contribution in [-0.4, -0.2) is 118 Å². The summed E-state index contributed by atoms with van der Waals surface area (Å²) in [5.74, 6) is -5.47. The van der Waals surface area contributed by atoms with Crippen LogP contribution in [0.1, 0.15) is 117 Å². The number of aromatic nitrogens is 2. The van der Waals surface area contributed by atoms with Crippen molar-refractivity contribution in [3.05, 3.63) is 110 Å². The zero-order valence-electron chi connectivity index (χ0n) is 44.2. The molecule has 0 bridgehead atoms. The van der Waals surface area contributed by atoms with Crippen LogP contribution in [0.2, 0.25) is 0 Å². The third kappa shape index (κ3) is 12.9. The lowest BCUT2D eigenvalue weighted by molar-refractivity contribution is -0.172. The third-order valence-electron chi connectivity index (χ3n) is 14.8. The van der Waals surface area contributed by atoms with Gasteiger partial charge in [-0.1, -0.05) is 57.0 Å². The van der Waals surface area contributed by atoms with Gasteiger partial charge in [0.05, 0.1) is 67.2 Å². The fourth-order valence-corrected chi connectivity index (χ4v) is 10.5. The predicted octanol–water partition coefficient (Wildman–Crippen LogP) is 1.84. The number of carbonyl (C=O) groups excluding carboxylic acids is 9. The molecule has 0 fully saturated rings. The second-order valence-electron chi connectivity index (χ2n) is 20.0. The van der Waals surface area contributed by atoms with Crippen LogP contribution in [0.15, 0.2) is 59.4 Å². The average Bonchev–Trinajstić information content (AvgIpc) is 4.21. The molecular weight excluding hydrogens is 1030 g/mol. The molecule has 23 heteroatoms. The Labute approximate surface area is 453 Å². The molecule has 3 aliphatic heterocycles. The first-order valence-corrected chi connectivity index (χ1v) is 26.6. The maximum absolute atomic E-state index is 15.5. The number of fused-ring (bicyclic) bond motifs is 5. The molecule has 2 aromatic carbocycles. The number of nitrogens with one attached hydrogen (secondary N) is 6. The van der Waals surface area contributed by atoms with E-state index in [4.69, 9.17) is 14.5 Å². The summed E-state index contributed by atoms with van der Waals surface area (Å²) in [6, 6.07) is 10.0. The summed E-state index contributed by atoms with van der Waals surface area (Å²) in [4.78, 5) is 134. The Morgan fingerprint density at radius 2 is 1.57 bits per heavy atom. The Morgan fingerprint density at radius 3 is 2.30 bits per heavy atom. The second-order valence-corrected chi connectivity index (χ2v) is 20.0. The summed E-state index contributed by atoms with van der Waals surface area (Å²) in [6.45, 7) is 3.52. The van der Waals surface area contributed by atoms with Crippen LogP contribution >= 0.6 is 0 Å². The van der Waals surface area contributed by atoms with Gasteiger partial charge in [0, 0.05) is 54.1 Å². The first-order chi connectivity index (χ1) is 37.9. The Kier molecular flexibility index (Phi) is 18.1. The van der Waals surface area contributed by atoms with Crippen molar-refractivity contribution in [2.75, 3.05) is 32.9 Å². The SMILES string of the molecule is CCCC(CC(=O)N[C@H]1CCc2c(C)c(F)cc3nc4c(c1c23)Cn1c-4cc2c(c1=O)COC(=O)[C@]2(O)CC)OCNC(=O)CNC(=O)[C@H](Cc1ccccc1)NC(=O)CNC(=O)CNC(=O)CCCCCN1C(=O)C=CC1=O. The normalized spacial score (nSPS) is 17.5. The van der Waals surface area contributed by atoms with Crippen molar-refractivity contribution in [1.29, 1.82) is 0 Å². The number of pyridine rings is 2. The van der Waals surface area contributed by atoms with E-state index in [-0.39, 0.29) is 81.0 Å². The van der Waals surface area contributed by atoms with Crippen molar-refractivity contribution in [3.8, 4) is 11.4 Å². The van der Waals surface area contributed by atoms with Crippen LogP contribution in [0, 0.1) is 12.7 Å². The van der Waals surface area contributed by atoms with Crippen molar-refractivity contribution >= 4 is 64.1 Å². The Morgan fingerprint density at radius 1 is 0.861 bits per heavy atom. The highest BCUT2D eigenvalue weighted by atomic mass is 19.1. The molecule has 4 atom stereocenters. The van der Waals surface area contributed by atoms with Gasteiger partial charge in [-0.05, 0) is 73.8 Å². The lowest BCUT2D eigenvalue weighted by Gasteiger charge is -2.31. The van der Waals surface area contributed by atoms with E-state index in [0.717, 1.165) is 10.5 Å². The summed E-state index contributed by atoms with van der Waals surface area (Å²) >= 11 is 0. The highest BCUT2D eigenvalue weighted by Gasteiger charge is 2.46. The highest BCUT2D eigenvalue weighted by molar-refractivity contribution is 6.12. The van der Waals surface area contributed by atoms with E-state index in [9.17, 15) is 53.1 Å². The first kappa shape index (κ1) is 57.0. The number of esters is 1. The number of hydrogen-bond donors (Lipinski definition) is 7. The maximum atomic E-state index is 15.5. The van der Waals surface area contributed by atoms with Crippen molar-refractivity contribution in [1.82, 2.24) is 46.4 Å². The van der Waals surface area contributed by atoms with E-state index < -0.39 is 90.3 Å². The van der Waals surface area contributed by atoms with Crippen molar-refractivity contribution in [2.24, 2.45) is 0 Å². The first-order valence-electron chi connectivity index (χ1n) is 26.6. The smallest absolute Gasteiger partial charge is 0.343 e. The van der Waals surface area contributed by atoms with Gasteiger partial charge in [-0.2, -0.15) is 0 Å². The van der Waals surface area contributed by atoms with Crippen molar-refractivity contribution < 1.29 is 62.1 Å². The van der Waals surface area contributed by atoms with Gasteiger partial charge in [0.1, 0.15) is 25.2 Å². The number of benzene rings is 2. The molecule has 0 spiro atoms. The quantitative estimate of drug-likeness (QED) is 0.0190. The van der Waals surface area contributed by atoms with Crippen molar-refractivity contribution in [2.45, 2.75) is 128 Å². The second kappa shape index (κ2) is 25.1. The van der Waals surface area contributed by atoms with Crippen LogP contribution in [0.25, 0.3) is 22.3 Å². The van der Waals surface area contributed by atoms with Crippen LogP contribution < -0.4 is 37.5 Å². The van der Waals surface area contributed by atoms with Gasteiger partial charge in [0.2, 0.25) is 35.4 Å². The molecule has 8 rings (SSSR count). The zero-order valence-corrected chi connectivity index (χ0v) is 44.2. The van der Waals surface area contributed by atoms with Gasteiger partial charge < -0.3 is 51.0 Å². The standard InChI is InChI=1S/C56H64FN9O13/c1-4-12-33(22-44(68)62-39-17-16-34-31(3)38(57)24-40-50(34)51(39)35-28-66-42(52(35)64-40)23-37-36(54(66)75)29-78-55(76)56(37,77)5-2)79-30-61-46(70)26-60-53(74)41(21-32-13-8-6-9-14-32)63-47(71)27-59-45(69)25-58-43(67)15-10-7-11-20-65-48(72)18-19-49(65)73/h6,8-9,13-14,18-19,23-24,33,39,41,77H,4-5,7,10-12,15-17,20-22,25-30H2,1-3H3,(H,58,67)(H,59,69)(H,60,74)(H,61,70)(H,62,68)(H,63,71)/t33?,39-,41-,56-/m0/s1. The van der Waals surface area contributed by atoms with E-state index in [2.05, 4.69) is 31.9 Å². The van der Waals surface area contributed by atoms with Crippen LogP contribution in [0.5, 0.6) is 0 Å². The Balaban J connectivity index is 0.822. The fourth-order valence-electron chi connectivity index (χ4n) is 10.5. The summed E-state index contributed by atoms with van der Waals surface area (Å²) < 4.78 is 28.2. The number of cyclic esters (lactones) is 1.